The van der Waals surface area contributed by atoms with Crippen LogP contribution in [-0.4, -0.2) is 167 Å². The number of esters is 2. The number of carbonyl (C=O) groups is 5. The first kappa shape index (κ1) is 86.6. The number of ketones is 2. The molecule has 13 N–H and O–H groups in total. The van der Waals surface area contributed by atoms with E-state index in [-0.39, 0.29) is 105 Å². The molecule has 2 aromatic heterocycles. The second-order valence-electron chi connectivity index (χ2n) is 29.7. The fourth-order valence-electron chi connectivity index (χ4n) is 13.6. The largest absolute Gasteiger partial charge is 0.458 e. The van der Waals surface area contributed by atoms with Crippen molar-refractivity contribution in [2.24, 2.45) is 46.0 Å². The monoisotopic (exact) mass is 1510 g/mol. The van der Waals surface area contributed by atoms with Gasteiger partial charge >= 0.3 is 25.6 Å². The summed E-state index contributed by atoms with van der Waals surface area (Å²) in [7, 11) is -7.64. The molecule has 0 radical (unpaired) electrons. The minimum absolute atomic E-state index is 0. The number of epoxide rings is 2. The maximum absolute atomic E-state index is 13.3. The molecule has 4 aliphatic heterocycles. The molecule has 4 saturated heterocycles. The highest BCUT2D eigenvalue weighted by Crippen LogP contribution is 2.48. The fraction of sp³-hybridized carbons (Fsp3) is 0.635. The van der Waals surface area contributed by atoms with Crippen molar-refractivity contribution < 1.29 is 91.9 Å². The van der Waals surface area contributed by atoms with E-state index in [1.807, 2.05) is 106 Å². The molecule has 6 heterocycles. The van der Waals surface area contributed by atoms with Gasteiger partial charge in [0.05, 0.1) is 102 Å². The van der Waals surface area contributed by atoms with Crippen molar-refractivity contribution in [3.05, 3.63) is 103 Å². The summed E-state index contributed by atoms with van der Waals surface area (Å²) in [6.07, 6.45) is 1.92. The van der Waals surface area contributed by atoms with Crippen molar-refractivity contribution in [1.82, 2.24) is 20.4 Å². The summed E-state index contributed by atoms with van der Waals surface area (Å²) in [5, 5.41) is 53.7. The molecular formula is C74H112N6O19P2S2. The molecule has 15 atom stereocenters. The van der Waals surface area contributed by atoms with E-state index in [1.165, 1.54) is 22.7 Å². The molecular weight excluding hydrogens is 1400 g/mol. The van der Waals surface area contributed by atoms with E-state index in [2.05, 4.69) is 27.3 Å². The average molecular weight is 1520 g/mol. The third-order valence-corrected chi connectivity index (χ3v) is 24.9. The Morgan fingerprint density at radius 2 is 1.10 bits per heavy atom. The first-order chi connectivity index (χ1) is 47.7. The number of nitrogens with zero attached hydrogens (tertiary/aromatic N) is 2. The molecule has 5 unspecified atom stereocenters. The molecule has 9 rings (SSSR count). The van der Waals surface area contributed by atoms with Gasteiger partial charge in [0, 0.05) is 61.0 Å². The Kier molecular flexibility index (Phi) is 31.1. The first-order valence-corrected chi connectivity index (χ1v) is 40.5. The van der Waals surface area contributed by atoms with Crippen LogP contribution in [0.15, 0.2) is 70.4 Å². The van der Waals surface area contributed by atoms with Gasteiger partial charge in [-0.2, -0.15) is 0 Å². The lowest BCUT2D eigenvalue weighted by Crippen LogP contribution is -2.45. The molecule has 2 aromatic carbocycles. The van der Waals surface area contributed by atoms with E-state index in [4.69, 9.17) is 44.9 Å². The zero-order valence-electron chi connectivity index (χ0n) is 60.7. The number of nitrogens with one attached hydrogen (secondary N) is 2. The minimum Gasteiger partial charge on any atom is -0.458 e. The zero-order valence-corrected chi connectivity index (χ0v) is 64.2. The lowest BCUT2D eigenvalue weighted by Gasteiger charge is -2.34. The Bertz CT molecular complexity index is 3660. The first-order valence-electron chi connectivity index (χ1n) is 35.1. The third kappa shape index (κ3) is 23.9. The maximum Gasteiger partial charge on any atom is 0.407 e. The Hall–Kier alpha value is -5.29. The summed E-state index contributed by atoms with van der Waals surface area (Å²) < 4.78 is 52.0. The Morgan fingerprint density at radius 1 is 0.670 bits per heavy atom. The van der Waals surface area contributed by atoms with Crippen LogP contribution in [0.5, 0.6) is 0 Å². The standard InChI is InChI=1S/C29H48N3O8PS.C27H42N2O6S.C17H18NO5P.CH4/c1-17-8-7-9-29(6)23(40-29)13-21(39-25(34)14-22(33)28(4,5)27(36)19(3)26(17)35)18(2)12-20-16-42-24(32-20)15-31-41(37,38)11-10-30;1-15-8-7-9-27(6)21(35-27)11-19(16(2)10-18-14-36-22(13-28)29-18)34-23(31)12-20(30)26(4,5)25(33)17(3)24(15)32;19-17(18-9-10-24(20,21)22)23-11-16-14-7-3-1-5-12(14)13-6-2-4-8-15(13)16;/h12,16-17,19,21-23,26,33,35H,7-11,13-15,30H2,1-6H3,(H2,31,37,38);10,14-15,17,19-21,24,30,32H,7-9,11-13,28H2,1-6H3;1-8,16H,9-11H2,(H,18,19)(H2,20,21,22);1H4/b18-12+;16-10+;;/t17?,19-,21+,22+,23+,26?,29-;15?,17-,19+,20+,21+,24?,27-;;/m11../s1. The van der Waals surface area contributed by atoms with Crippen LogP contribution >= 0.6 is 37.8 Å². The molecule has 4 fully saturated rings. The number of nitrogens with two attached hydrogens (primary N) is 2. The molecule has 1 aliphatic carbocycles. The topological polar surface area (TPSA) is 416 Å². The quantitative estimate of drug-likeness (QED) is 0.0228. The summed E-state index contributed by atoms with van der Waals surface area (Å²) in [6, 6.07) is 16.0. The van der Waals surface area contributed by atoms with Crippen LogP contribution < -0.4 is 21.9 Å². The van der Waals surface area contributed by atoms with E-state index >= 15 is 0 Å². The van der Waals surface area contributed by atoms with E-state index in [0.717, 1.165) is 82.6 Å². The second-order valence-corrected chi connectivity index (χ2v) is 35.5. The number of aliphatic hydroxyl groups excluding tert-OH is 4. The van der Waals surface area contributed by atoms with Crippen molar-refractivity contribution in [2.75, 3.05) is 32.0 Å². The summed E-state index contributed by atoms with van der Waals surface area (Å²) in [5.41, 5.74) is 15.4. The number of ether oxygens (including phenoxy) is 5. The van der Waals surface area contributed by atoms with Crippen LogP contribution in [0.25, 0.3) is 23.3 Å². The SMILES string of the molecule is C.C/C(=C\c1csc(CN)n1)[C@@H]1C[C@@H]2O[C@]2(C)CCCC(C)C(O)[C@@H](C)C(=O)C(C)(C)[C@@H](O)CC(=O)O1.C/C(=C\c1csc(CNP(=O)(O)CCN)n1)[C@@H]1C[C@@H]2O[C@]2(C)CCCC(C)C(O)[C@@H](C)C(=O)C(C)(C)[C@@H](O)CC(=O)O1.O=C(NCCP(=O)(O)O)OCC1c2ccccc2-c2ccccc21. The third-order valence-electron chi connectivity index (χ3n) is 20.8. The van der Waals surface area contributed by atoms with Crippen molar-refractivity contribution in [3.63, 3.8) is 0 Å². The fourth-order valence-corrected chi connectivity index (χ4v) is 16.3. The number of hydrogen-bond acceptors (Lipinski definition) is 22. The lowest BCUT2D eigenvalue weighted by molar-refractivity contribution is -0.156. The maximum atomic E-state index is 13.3. The van der Waals surface area contributed by atoms with Crippen LogP contribution in [0.3, 0.4) is 0 Å². The number of aromatic nitrogens is 2. The number of carbonyl (C=O) groups excluding carboxylic acids is 5. The summed E-state index contributed by atoms with van der Waals surface area (Å²) in [4.78, 5) is 101. The summed E-state index contributed by atoms with van der Waals surface area (Å²) >= 11 is 2.81. The molecule has 574 valence electrons. The van der Waals surface area contributed by atoms with Crippen LogP contribution in [0, 0.1) is 34.5 Å². The number of benzene rings is 2. The number of fused-ring (bicyclic) bond motifs is 5. The van der Waals surface area contributed by atoms with Crippen molar-refractivity contribution in [1.29, 1.82) is 0 Å². The number of hydrogen-bond donors (Lipinski definition) is 11. The Morgan fingerprint density at radius 3 is 1.51 bits per heavy atom. The Balaban J connectivity index is 0.000000250. The van der Waals surface area contributed by atoms with Gasteiger partial charge in [-0.3, -0.25) is 28.3 Å². The van der Waals surface area contributed by atoms with Crippen molar-refractivity contribution in [3.8, 4) is 11.1 Å². The van der Waals surface area contributed by atoms with E-state index < -0.39 is 98.6 Å². The van der Waals surface area contributed by atoms with Gasteiger partial charge in [-0.05, 0) is 111 Å². The van der Waals surface area contributed by atoms with Gasteiger partial charge in [-0.25, -0.2) is 19.8 Å². The van der Waals surface area contributed by atoms with Gasteiger partial charge in [0.1, 0.15) is 40.4 Å². The number of rotatable bonds is 15. The molecule has 4 aromatic rings. The highest BCUT2D eigenvalue weighted by molar-refractivity contribution is 7.55. The number of amides is 1. The smallest absolute Gasteiger partial charge is 0.407 e. The van der Waals surface area contributed by atoms with Gasteiger partial charge in [-0.15, -0.1) is 22.7 Å². The molecule has 0 saturated carbocycles. The predicted octanol–water partition coefficient (Wildman–Crippen LogP) is 10.4. The minimum atomic E-state index is -4.12. The normalized spacial score (nSPS) is 30.1. The van der Waals surface area contributed by atoms with Crippen LogP contribution in [0.4, 0.5) is 4.79 Å². The molecule has 5 aliphatic rings. The van der Waals surface area contributed by atoms with Gasteiger partial charge < -0.3 is 75.6 Å². The van der Waals surface area contributed by atoms with E-state index in [1.54, 1.807) is 41.5 Å². The van der Waals surface area contributed by atoms with Crippen LogP contribution in [-0.2, 0) is 65.1 Å². The number of alkyl carbamates (subject to hydrolysis) is 1. The van der Waals surface area contributed by atoms with Gasteiger partial charge in [0.25, 0.3) is 7.52 Å². The molecule has 0 spiro atoms. The van der Waals surface area contributed by atoms with Gasteiger partial charge in [-0.1, -0.05) is 124 Å². The van der Waals surface area contributed by atoms with Crippen LogP contribution in [0.1, 0.15) is 193 Å². The number of Topliss-reactive ketones (excluding diaryl/α,β-unsaturated/α-hetero) is 2. The molecule has 0 bridgehead atoms. The number of cyclic esters (lactones) is 2. The van der Waals surface area contributed by atoms with Gasteiger partial charge in [0.2, 0.25) is 0 Å². The van der Waals surface area contributed by atoms with E-state index in [9.17, 15) is 58.4 Å². The van der Waals surface area contributed by atoms with Crippen molar-refractivity contribution in [2.45, 2.75) is 234 Å². The second kappa shape index (κ2) is 37.0. The summed E-state index contributed by atoms with van der Waals surface area (Å²) in [5.74, 6) is -3.38. The molecule has 1 amide bonds. The molecule has 29 heteroatoms. The number of aliphatic hydroxyl groups is 4. The predicted molar refractivity (Wildman–Crippen MR) is 397 cm³/mol. The highest BCUT2D eigenvalue weighted by atomic mass is 32.1. The lowest BCUT2D eigenvalue weighted by atomic mass is 9.73. The van der Waals surface area contributed by atoms with Gasteiger partial charge in [0.15, 0.2) is 0 Å². The highest BCUT2D eigenvalue weighted by Gasteiger charge is 2.55. The summed E-state index contributed by atoms with van der Waals surface area (Å²) in [6.45, 7) is 22.1. The van der Waals surface area contributed by atoms with Crippen LogP contribution in [0.2, 0.25) is 0 Å². The Labute approximate surface area is 614 Å². The zero-order chi connectivity index (χ0) is 75.5. The number of thiazole rings is 2. The van der Waals surface area contributed by atoms with Crippen molar-refractivity contribution >= 4 is 79.5 Å². The average Bonchev–Trinajstić information content (AvgIpc) is 1.63. The molecule has 25 nitrogen and oxygen atoms in total. The molecule has 103 heavy (non-hydrogen) atoms. The van der Waals surface area contributed by atoms with E-state index in [0.29, 0.717) is 30.1 Å².